The molecule has 0 spiro atoms. The Morgan fingerprint density at radius 1 is 1.06 bits per heavy atom. The third-order valence-corrected chi connectivity index (χ3v) is 6.90. The summed E-state index contributed by atoms with van der Waals surface area (Å²) in [7, 11) is 0. The number of carboxylic acid groups (broad SMARTS) is 2. The molecule has 7 heteroatoms. The molecular weight excluding hydrogens is 396 g/mol. The second-order valence-corrected chi connectivity index (χ2v) is 9.04. The minimum Gasteiger partial charge on any atom is -0.480 e. The number of carbonyl (C=O) groups excluding carboxylic acids is 1. The number of rotatable bonds is 9. The first kappa shape index (κ1) is 23.3. The summed E-state index contributed by atoms with van der Waals surface area (Å²) in [6, 6.07) is 7.16. The van der Waals surface area contributed by atoms with Gasteiger partial charge >= 0.3 is 11.9 Å². The van der Waals surface area contributed by atoms with Crippen LogP contribution in [0, 0.1) is 11.8 Å². The van der Waals surface area contributed by atoms with Crippen LogP contribution < -0.4 is 5.32 Å². The van der Waals surface area contributed by atoms with E-state index in [0.717, 1.165) is 18.4 Å². The first-order valence-electron chi connectivity index (χ1n) is 11.4. The molecule has 1 aromatic carbocycles. The first-order valence-corrected chi connectivity index (χ1v) is 11.4. The smallest absolute Gasteiger partial charge is 0.326 e. The summed E-state index contributed by atoms with van der Waals surface area (Å²) in [6.45, 7) is 2.09. The summed E-state index contributed by atoms with van der Waals surface area (Å²) >= 11 is 0. The number of carbonyl (C=O) groups is 3. The van der Waals surface area contributed by atoms with Crippen molar-refractivity contribution in [3.63, 3.8) is 0 Å². The van der Waals surface area contributed by atoms with Gasteiger partial charge in [-0.3, -0.25) is 14.9 Å². The van der Waals surface area contributed by atoms with E-state index in [1.54, 1.807) is 6.92 Å². The van der Waals surface area contributed by atoms with Crippen molar-refractivity contribution >= 4 is 17.8 Å². The molecule has 2 fully saturated rings. The highest BCUT2D eigenvalue weighted by Gasteiger charge is 2.43. The molecule has 1 aromatic rings. The molecular formula is C24H34N2O5. The summed E-state index contributed by atoms with van der Waals surface area (Å²) in [5, 5.41) is 22.3. The Morgan fingerprint density at radius 2 is 1.74 bits per heavy atom. The van der Waals surface area contributed by atoms with E-state index in [-0.39, 0.29) is 11.8 Å². The number of carboxylic acids is 2. The van der Waals surface area contributed by atoms with Gasteiger partial charge in [-0.25, -0.2) is 4.79 Å². The van der Waals surface area contributed by atoms with Crippen LogP contribution in [0.2, 0.25) is 0 Å². The maximum absolute atomic E-state index is 13.1. The Morgan fingerprint density at radius 3 is 2.35 bits per heavy atom. The molecule has 1 saturated heterocycles. The van der Waals surface area contributed by atoms with Crippen molar-refractivity contribution in [1.29, 1.82) is 0 Å². The van der Waals surface area contributed by atoms with E-state index >= 15 is 0 Å². The zero-order chi connectivity index (χ0) is 22.4. The van der Waals surface area contributed by atoms with Gasteiger partial charge in [0.2, 0.25) is 5.91 Å². The maximum atomic E-state index is 13.1. The van der Waals surface area contributed by atoms with Gasteiger partial charge in [0, 0.05) is 6.54 Å². The van der Waals surface area contributed by atoms with E-state index in [1.165, 1.54) is 24.2 Å². The molecule has 1 saturated carbocycles. The highest BCUT2D eigenvalue weighted by atomic mass is 16.4. The van der Waals surface area contributed by atoms with Crippen LogP contribution in [0.5, 0.6) is 0 Å². The van der Waals surface area contributed by atoms with Crippen molar-refractivity contribution in [2.45, 2.75) is 76.4 Å². The summed E-state index contributed by atoms with van der Waals surface area (Å²) in [5.74, 6) is -1.61. The predicted octanol–water partition coefficient (Wildman–Crippen LogP) is 2.93. The van der Waals surface area contributed by atoms with E-state index in [2.05, 4.69) is 5.32 Å². The zero-order valence-electron chi connectivity index (χ0n) is 18.2. The molecule has 0 unspecified atom stereocenters. The molecule has 1 aliphatic carbocycles. The fraction of sp³-hybridized carbons (Fsp3) is 0.625. The molecule has 2 aliphatic rings. The number of aliphatic carboxylic acids is 2. The van der Waals surface area contributed by atoms with E-state index in [1.807, 2.05) is 30.3 Å². The van der Waals surface area contributed by atoms with E-state index in [4.69, 9.17) is 0 Å². The monoisotopic (exact) mass is 430 g/mol. The number of amides is 1. The van der Waals surface area contributed by atoms with Gasteiger partial charge in [0.05, 0.1) is 6.04 Å². The topological polar surface area (TPSA) is 107 Å². The van der Waals surface area contributed by atoms with Gasteiger partial charge in [-0.2, -0.15) is 0 Å². The van der Waals surface area contributed by atoms with Crippen LogP contribution in [0.25, 0.3) is 0 Å². The number of aryl methyl sites for hydroxylation is 1. The quantitative estimate of drug-likeness (QED) is 0.556. The predicted molar refractivity (Wildman–Crippen MR) is 117 cm³/mol. The SMILES string of the molecule is C[C@H](N[C@@H](CCc1ccccc1)C(=O)O)C(=O)N1C[C@@H](C2CCCCC2)C[C@H]1C(=O)O. The molecule has 3 N–H and O–H groups in total. The molecule has 1 aliphatic heterocycles. The minimum absolute atomic E-state index is 0.214. The van der Waals surface area contributed by atoms with Gasteiger partial charge in [-0.1, -0.05) is 62.4 Å². The van der Waals surface area contributed by atoms with E-state index in [0.29, 0.717) is 31.7 Å². The number of likely N-dealkylation sites (tertiary alicyclic amines) is 1. The summed E-state index contributed by atoms with van der Waals surface area (Å²) < 4.78 is 0. The highest BCUT2D eigenvalue weighted by Crippen LogP contribution is 2.37. The molecule has 3 rings (SSSR count). The van der Waals surface area contributed by atoms with Gasteiger partial charge in [0.25, 0.3) is 0 Å². The lowest BCUT2D eigenvalue weighted by Crippen LogP contribution is -2.53. The second-order valence-electron chi connectivity index (χ2n) is 9.04. The van der Waals surface area contributed by atoms with Crippen LogP contribution in [0.1, 0.15) is 57.4 Å². The Labute approximate surface area is 183 Å². The molecule has 170 valence electrons. The Kier molecular flexibility index (Phi) is 8.07. The molecule has 7 nitrogen and oxygen atoms in total. The highest BCUT2D eigenvalue weighted by molar-refractivity contribution is 5.88. The largest absolute Gasteiger partial charge is 0.480 e. The lowest BCUT2D eigenvalue weighted by molar-refractivity contribution is -0.149. The van der Waals surface area contributed by atoms with Gasteiger partial charge in [-0.15, -0.1) is 0 Å². The van der Waals surface area contributed by atoms with E-state index in [9.17, 15) is 24.6 Å². The summed E-state index contributed by atoms with van der Waals surface area (Å²) in [4.78, 5) is 38.2. The Hall–Kier alpha value is -2.41. The van der Waals surface area contributed by atoms with E-state index < -0.39 is 30.1 Å². The van der Waals surface area contributed by atoms with Crippen molar-refractivity contribution in [1.82, 2.24) is 10.2 Å². The fourth-order valence-corrected chi connectivity index (χ4v) is 5.15. The molecule has 0 radical (unpaired) electrons. The third-order valence-electron chi connectivity index (χ3n) is 6.90. The summed E-state index contributed by atoms with van der Waals surface area (Å²) in [5.41, 5.74) is 1.04. The third kappa shape index (κ3) is 6.06. The number of benzene rings is 1. The zero-order valence-corrected chi connectivity index (χ0v) is 18.2. The van der Waals surface area contributed by atoms with Gasteiger partial charge in [-0.05, 0) is 43.6 Å². The minimum atomic E-state index is -1.01. The van der Waals surface area contributed by atoms with Crippen LogP contribution in [-0.2, 0) is 20.8 Å². The first-order chi connectivity index (χ1) is 14.9. The average molecular weight is 431 g/mol. The molecule has 1 amide bonds. The molecule has 0 bridgehead atoms. The molecule has 1 heterocycles. The van der Waals surface area contributed by atoms with Crippen LogP contribution in [-0.4, -0.2) is 57.6 Å². The number of hydrogen-bond acceptors (Lipinski definition) is 4. The summed E-state index contributed by atoms with van der Waals surface area (Å²) in [6.07, 6.45) is 7.21. The number of nitrogens with zero attached hydrogens (tertiary/aromatic N) is 1. The molecule has 31 heavy (non-hydrogen) atoms. The van der Waals surface area contributed by atoms with Gasteiger partial charge < -0.3 is 15.1 Å². The molecule has 4 atom stereocenters. The van der Waals surface area contributed by atoms with Crippen LogP contribution in [0.15, 0.2) is 30.3 Å². The Bertz CT molecular complexity index is 762. The van der Waals surface area contributed by atoms with Crippen molar-refractivity contribution in [2.24, 2.45) is 11.8 Å². The number of nitrogens with one attached hydrogen (secondary N) is 1. The van der Waals surface area contributed by atoms with Crippen molar-refractivity contribution in [2.75, 3.05) is 6.54 Å². The second kappa shape index (κ2) is 10.8. The van der Waals surface area contributed by atoms with Crippen molar-refractivity contribution in [3.05, 3.63) is 35.9 Å². The Balaban J connectivity index is 1.61. The maximum Gasteiger partial charge on any atom is 0.326 e. The lowest BCUT2D eigenvalue weighted by atomic mass is 9.79. The van der Waals surface area contributed by atoms with Crippen LogP contribution in [0.3, 0.4) is 0 Å². The van der Waals surface area contributed by atoms with Crippen molar-refractivity contribution in [3.8, 4) is 0 Å². The normalized spacial score (nSPS) is 24.0. The van der Waals surface area contributed by atoms with Crippen LogP contribution in [0.4, 0.5) is 0 Å². The molecule has 0 aromatic heterocycles. The lowest BCUT2D eigenvalue weighted by Gasteiger charge is -2.29. The number of hydrogen-bond donors (Lipinski definition) is 3. The van der Waals surface area contributed by atoms with Gasteiger partial charge in [0.15, 0.2) is 0 Å². The standard InChI is InChI=1S/C24H34N2O5/c1-16(25-20(23(28)29)13-12-17-8-4-2-5-9-17)22(27)26-15-19(14-21(26)24(30)31)18-10-6-3-7-11-18/h2,4-5,8-9,16,18-21,25H,3,6-7,10-15H2,1H3,(H,28,29)(H,30,31)/t16-,19-,20-,21-/m0/s1. The van der Waals surface area contributed by atoms with Crippen molar-refractivity contribution < 1.29 is 24.6 Å². The average Bonchev–Trinajstić information content (AvgIpc) is 3.23. The van der Waals surface area contributed by atoms with Crippen LogP contribution >= 0.6 is 0 Å². The fourth-order valence-electron chi connectivity index (χ4n) is 5.15. The van der Waals surface area contributed by atoms with Gasteiger partial charge in [0.1, 0.15) is 12.1 Å².